The number of aromatic nitrogens is 1. The number of fused-ring (bicyclic) bond motifs is 4. The van der Waals surface area contributed by atoms with Crippen LogP contribution < -0.4 is 9.47 Å². The van der Waals surface area contributed by atoms with Gasteiger partial charge in [-0.15, -0.1) is 13.2 Å². The van der Waals surface area contributed by atoms with Crippen LogP contribution in [0.2, 0.25) is 5.02 Å². The van der Waals surface area contributed by atoms with Crippen LogP contribution in [0.1, 0.15) is 62.6 Å². The van der Waals surface area contributed by atoms with Gasteiger partial charge in [0.2, 0.25) is 0 Å². The molecule has 3 aliphatic rings. The molecule has 0 unspecified atom stereocenters. The lowest BCUT2D eigenvalue weighted by atomic mass is 9.54. The quantitative estimate of drug-likeness (QED) is 0.158. The summed E-state index contributed by atoms with van der Waals surface area (Å²) in [6.07, 6.45) is 4.36. The maximum atomic E-state index is 14.8. The Labute approximate surface area is 290 Å². The van der Waals surface area contributed by atoms with Gasteiger partial charge in [0, 0.05) is 29.6 Å². The second kappa shape index (κ2) is 13.2. The van der Waals surface area contributed by atoms with Crippen molar-refractivity contribution in [3.05, 3.63) is 148 Å². The van der Waals surface area contributed by atoms with Crippen molar-refractivity contribution in [1.82, 2.24) is 10.1 Å². The number of carbonyl (C=O) groups is 2. The second-order valence-corrected chi connectivity index (χ2v) is 13.4. The highest BCUT2D eigenvalue weighted by atomic mass is 35.5. The zero-order valence-corrected chi connectivity index (χ0v) is 28.0. The molecule has 250 valence electrons. The van der Waals surface area contributed by atoms with E-state index >= 15 is 0 Å². The highest BCUT2D eigenvalue weighted by Gasteiger charge is 2.62. The van der Waals surface area contributed by atoms with Gasteiger partial charge in [-0.3, -0.25) is 14.5 Å². The van der Waals surface area contributed by atoms with Gasteiger partial charge in [0.15, 0.2) is 17.3 Å². The summed E-state index contributed by atoms with van der Waals surface area (Å²) in [4.78, 5) is 31.4. The Kier molecular flexibility index (Phi) is 8.77. The minimum Gasteiger partial charge on any atom is -0.511 e. The first-order chi connectivity index (χ1) is 23.8. The standard InChI is InChI=1S/C40H37ClN2O6/c1-4-18-43(19-5-2)34-28-21-26-20-27-29(41)16-17-30(47-22-24-12-8-6-9-13-24)32(27)35(44)31(26)37(45)40(28,3)38(46)33-36(34)49-42-39(33)48-23-25-14-10-7-11-15-25/h4-17,26,28,34,45H,1-2,18-23H2,3H3/t26-,28-,34-,40+/m0/s1. The Morgan fingerprint density at radius 1 is 0.959 bits per heavy atom. The summed E-state index contributed by atoms with van der Waals surface area (Å²) >= 11 is 6.75. The van der Waals surface area contributed by atoms with Crippen LogP contribution in [0.25, 0.3) is 0 Å². The molecular formula is C40H37ClN2O6. The third kappa shape index (κ3) is 5.49. The van der Waals surface area contributed by atoms with Crippen molar-refractivity contribution in [3.63, 3.8) is 0 Å². The Hall–Kier alpha value is -4.92. The van der Waals surface area contributed by atoms with Gasteiger partial charge in [-0.2, -0.15) is 0 Å². The number of hydrogen-bond donors (Lipinski definition) is 1. The third-order valence-corrected chi connectivity index (χ3v) is 10.5. The van der Waals surface area contributed by atoms with E-state index in [4.69, 9.17) is 25.6 Å². The maximum Gasteiger partial charge on any atom is 0.265 e. The number of allylic oxidation sites excluding steroid dienone is 2. The number of carbonyl (C=O) groups excluding carboxylic acids is 2. The van der Waals surface area contributed by atoms with E-state index in [2.05, 4.69) is 23.2 Å². The van der Waals surface area contributed by atoms with E-state index in [0.29, 0.717) is 53.6 Å². The Bertz CT molecular complexity index is 1960. The van der Waals surface area contributed by atoms with E-state index in [-0.39, 0.29) is 41.8 Å². The van der Waals surface area contributed by atoms with Gasteiger partial charge in [-0.25, -0.2) is 0 Å². The second-order valence-electron chi connectivity index (χ2n) is 13.0. The van der Waals surface area contributed by atoms with Gasteiger partial charge in [0.05, 0.1) is 17.0 Å². The predicted octanol–water partition coefficient (Wildman–Crippen LogP) is 8.29. The number of benzene rings is 3. The van der Waals surface area contributed by atoms with Crippen molar-refractivity contribution >= 4 is 23.2 Å². The fourth-order valence-corrected chi connectivity index (χ4v) is 8.05. The normalized spacial score (nSPS) is 22.6. The minimum absolute atomic E-state index is 0.0503. The summed E-state index contributed by atoms with van der Waals surface area (Å²) in [6.45, 7) is 11.0. The van der Waals surface area contributed by atoms with Crippen LogP contribution in [-0.2, 0) is 19.6 Å². The Balaban J connectivity index is 1.33. The smallest absolute Gasteiger partial charge is 0.265 e. The molecule has 0 fully saturated rings. The fraction of sp³-hybridized carbons (Fsp3) is 0.275. The molecule has 49 heavy (non-hydrogen) atoms. The van der Waals surface area contributed by atoms with E-state index in [1.165, 1.54) is 0 Å². The number of aliphatic hydroxyl groups excluding tert-OH is 1. The van der Waals surface area contributed by atoms with E-state index in [1.54, 1.807) is 31.2 Å². The van der Waals surface area contributed by atoms with E-state index in [9.17, 15) is 14.7 Å². The van der Waals surface area contributed by atoms with Gasteiger partial charge in [0.25, 0.3) is 5.88 Å². The molecule has 9 heteroatoms. The number of rotatable bonds is 11. The molecule has 3 aliphatic carbocycles. The molecule has 0 radical (unpaired) electrons. The number of Topliss-reactive ketones (excluding diaryl/α,β-unsaturated/α-hetero) is 2. The lowest BCUT2D eigenvalue weighted by molar-refractivity contribution is 0.0103. The topological polar surface area (TPSA) is 102 Å². The Morgan fingerprint density at radius 2 is 1.59 bits per heavy atom. The van der Waals surface area contributed by atoms with Gasteiger partial charge in [0.1, 0.15) is 30.3 Å². The van der Waals surface area contributed by atoms with Gasteiger partial charge in [-0.05, 0) is 59.7 Å². The monoisotopic (exact) mass is 676 g/mol. The van der Waals surface area contributed by atoms with Gasteiger partial charge in [-0.1, -0.05) is 84.4 Å². The van der Waals surface area contributed by atoms with Crippen LogP contribution >= 0.6 is 11.6 Å². The van der Waals surface area contributed by atoms with Crippen LogP contribution in [0, 0.1) is 17.3 Å². The summed E-state index contributed by atoms with van der Waals surface area (Å²) in [5, 5.41) is 17.0. The van der Waals surface area contributed by atoms with Crippen LogP contribution in [0.4, 0.5) is 0 Å². The average molecular weight is 677 g/mol. The molecule has 7 rings (SSSR count). The van der Waals surface area contributed by atoms with Crippen molar-refractivity contribution in [3.8, 4) is 11.6 Å². The van der Waals surface area contributed by atoms with Crippen LogP contribution in [0.5, 0.6) is 11.6 Å². The number of aliphatic hydroxyl groups is 1. The third-order valence-electron chi connectivity index (χ3n) is 10.2. The summed E-state index contributed by atoms with van der Waals surface area (Å²) in [6, 6.07) is 22.1. The minimum atomic E-state index is -1.49. The summed E-state index contributed by atoms with van der Waals surface area (Å²) in [5.41, 5.74) is 1.73. The lowest BCUT2D eigenvalue weighted by Crippen LogP contribution is -2.54. The average Bonchev–Trinajstić information content (AvgIpc) is 3.53. The molecule has 0 aliphatic heterocycles. The lowest BCUT2D eigenvalue weighted by Gasteiger charge is -2.51. The first-order valence-corrected chi connectivity index (χ1v) is 16.8. The molecule has 1 N–H and O–H groups in total. The molecule has 1 heterocycles. The van der Waals surface area contributed by atoms with Gasteiger partial charge >= 0.3 is 0 Å². The summed E-state index contributed by atoms with van der Waals surface area (Å²) in [5.74, 6) is -1.12. The highest BCUT2D eigenvalue weighted by Crippen LogP contribution is 2.60. The molecule has 0 bridgehead atoms. The zero-order chi connectivity index (χ0) is 34.3. The zero-order valence-electron chi connectivity index (χ0n) is 27.2. The molecule has 0 spiro atoms. The largest absolute Gasteiger partial charge is 0.511 e. The van der Waals surface area contributed by atoms with Crippen LogP contribution in [0.3, 0.4) is 0 Å². The van der Waals surface area contributed by atoms with Crippen molar-refractivity contribution in [1.29, 1.82) is 0 Å². The first kappa shape index (κ1) is 32.6. The highest BCUT2D eigenvalue weighted by molar-refractivity contribution is 6.32. The molecule has 3 aromatic carbocycles. The number of ether oxygens (including phenoxy) is 2. The van der Waals surface area contributed by atoms with Crippen molar-refractivity contribution in [2.75, 3.05) is 13.1 Å². The predicted molar refractivity (Wildman–Crippen MR) is 186 cm³/mol. The first-order valence-electron chi connectivity index (χ1n) is 16.4. The number of nitrogens with zero attached hydrogens (tertiary/aromatic N) is 2. The number of hydrogen-bond acceptors (Lipinski definition) is 8. The van der Waals surface area contributed by atoms with Crippen molar-refractivity contribution in [2.45, 2.75) is 39.0 Å². The van der Waals surface area contributed by atoms with Crippen LogP contribution in [-0.4, -0.2) is 39.8 Å². The molecular weight excluding hydrogens is 640 g/mol. The molecule has 1 aromatic heterocycles. The van der Waals surface area contributed by atoms with Crippen LogP contribution in [0.15, 0.2) is 114 Å². The molecule has 4 aromatic rings. The maximum absolute atomic E-state index is 14.8. The van der Waals surface area contributed by atoms with E-state index in [0.717, 1.165) is 11.1 Å². The molecule has 8 nitrogen and oxygen atoms in total. The number of halogens is 1. The number of ketones is 2. The Morgan fingerprint density at radius 3 is 2.22 bits per heavy atom. The summed E-state index contributed by atoms with van der Waals surface area (Å²) in [7, 11) is 0. The van der Waals surface area contributed by atoms with Crippen molar-refractivity contribution in [2.24, 2.45) is 17.3 Å². The summed E-state index contributed by atoms with van der Waals surface area (Å²) < 4.78 is 18.2. The SMILES string of the molecule is C=CCN(CC=C)[C@@H]1c2onc(OCc3ccccc3)c2C(=O)[C@@]2(C)C(O)=C3C(=O)c4c(OCc5ccccc5)ccc(Cl)c4C[C@H]3C[C@@H]12. The van der Waals surface area contributed by atoms with Gasteiger partial charge < -0.3 is 19.1 Å². The molecule has 0 saturated carbocycles. The van der Waals surface area contributed by atoms with E-state index < -0.39 is 29.1 Å². The van der Waals surface area contributed by atoms with E-state index in [1.807, 2.05) is 60.7 Å². The fourth-order valence-electron chi connectivity index (χ4n) is 7.81. The molecule has 0 saturated heterocycles. The van der Waals surface area contributed by atoms with Crippen molar-refractivity contribution < 1.29 is 28.7 Å². The molecule has 4 atom stereocenters. The molecule has 0 amide bonds.